The third kappa shape index (κ3) is 3.39. The lowest BCUT2D eigenvalue weighted by molar-refractivity contribution is 0.538. The predicted molar refractivity (Wildman–Crippen MR) is 76.8 cm³/mol. The summed E-state index contributed by atoms with van der Waals surface area (Å²) in [7, 11) is -3.81. The summed E-state index contributed by atoms with van der Waals surface area (Å²) in [5, 5.41) is 0.231. The van der Waals surface area contributed by atoms with E-state index in [1.54, 1.807) is 13.8 Å². The van der Waals surface area contributed by atoms with Gasteiger partial charge in [-0.2, -0.15) is 4.72 Å². The molecule has 0 spiro atoms. The van der Waals surface area contributed by atoms with E-state index in [1.165, 1.54) is 12.1 Å². The molecule has 1 aromatic rings. The minimum Gasteiger partial charge on any atom is -0.398 e. The predicted octanol–water partition coefficient (Wildman–Crippen LogP) is 2.37. The van der Waals surface area contributed by atoms with Gasteiger partial charge in [0.05, 0.1) is 14.9 Å². The fraction of sp³-hybridized carbons (Fsp3) is 0.273. The Labute approximate surface area is 120 Å². The molecule has 0 atom stereocenters. The van der Waals surface area contributed by atoms with E-state index in [0.717, 1.165) is 0 Å². The van der Waals surface area contributed by atoms with Crippen molar-refractivity contribution in [3.8, 4) is 12.3 Å². The fourth-order valence-corrected chi connectivity index (χ4v) is 3.84. The number of terminal acetylenes is 1. The molecule has 0 amide bonds. The zero-order valence-corrected chi connectivity index (χ0v) is 12.9. The van der Waals surface area contributed by atoms with E-state index in [9.17, 15) is 8.42 Å². The molecular weight excluding hydrogens is 340 g/mol. The first-order chi connectivity index (χ1) is 8.09. The van der Waals surface area contributed by atoms with Crippen LogP contribution < -0.4 is 10.5 Å². The standard InChI is InChI=1S/C11H12BrClN2O2S/c1-4-11(2,3)15-18(16,17)9-6-7(13)5-8(14)10(9)12/h1,5-6,15H,14H2,2-3H3. The number of anilines is 1. The number of rotatable bonds is 3. The van der Waals surface area contributed by atoms with Crippen molar-refractivity contribution in [2.24, 2.45) is 0 Å². The highest BCUT2D eigenvalue weighted by Crippen LogP contribution is 2.31. The van der Waals surface area contributed by atoms with E-state index in [0.29, 0.717) is 0 Å². The molecule has 0 unspecified atom stereocenters. The summed E-state index contributed by atoms with van der Waals surface area (Å²) in [5.41, 5.74) is 4.88. The van der Waals surface area contributed by atoms with Crippen LogP contribution in [0, 0.1) is 12.3 Å². The summed E-state index contributed by atoms with van der Waals surface area (Å²) >= 11 is 8.93. The van der Waals surface area contributed by atoms with Gasteiger partial charge in [-0.15, -0.1) is 6.42 Å². The first-order valence-electron chi connectivity index (χ1n) is 4.85. The highest BCUT2D eigenvalue weighted by molar-refractivity contribution is 9.10. The molecular formula is C11H12BrClN2O2S. The molecule has 0 aliphatic rings. The molecule has 0 radical (unpaired) electrons. The fourth-order valence-electron chi connectivity index (χ4n) is 1.20. The smallest absolute Gasteiger partial charge is 0.243 e. The minimum absolute atomic E-state index is 0.0455. The number of nitrogens with one attached hydrogen (secondary N) is 1. The van der Waals surface area contributed by atoms with Crippen molar-refractivity contribution in [1.82, 2.24) is 4.72 Å². The van der Waals surface area contributed by atoms with Gasteiger partial charge in [0.1, 0.15) is 0 Å². The molecule has 3 N–H and O–H groups in total. The lowest BCUT2D eigenvalue weighted by Crippen LogP contribution is -2.42. The van der Waals surface area contributed by atoms with Crippen molar-refractivity contribution in [3.05, 3.63) is 21.6 Å². The number of nitrogen functional groups attached to an aromatic ring is 1. The zero-order chi connectivity index (χ0) is 14.1. The van der Waals surface area contributed by atoms with Crippen molar-refractivity contribution >= 4 is 43.2 Å². The Morgan fingerprint density at radius 3 is 2.56 bits per heavy atom. The second-order valence-electron chi connectivity index (χ2n) is 4.18. The number of halogens is 2. The van der Waals surface area contributed by atoms with Gasteiger partial charge in [-0.1, -0.05) is 17.5 Å². The summed E-state index contributed by atoms with van der Waals surface area (Å²) in [4.78, 5) is -0.0455. The van der Waals surface area contributed by atoms with E-state index in [4.69, 9.17) is 23.8 Å². The Hall–Kier alpha value is -0.740. The van der Waals surface area contributed by atoms with Crippen LogP contribution >= 0.6 is 27.5 Å². The molecule has 1 aromatic carbocycles. The maximum atomic E-state index is 12.2. The van der Waals surface area contributed by atoms with Gasteiger partial charge in [-0.25, -0.2) is 8.42 Å². The summed E-state index contributed by atoms with van der Waals surface area (Å²) in [5.74, 6) is 2.35. The van der Waals surface area contributed by atoms with Crippen LogP contribution in [0.1, 0.15) is 13.8 Å². The Kier molecular flexibility index (Phi) is 4.34. The molecule has 0 saturated heterocycles. The van der Waals surface area contributed by atoms with E-state index in [2.05, 4.69) is 26.6 Å². The van der Waals surface area contributed by atoms with Crippen LogP contribution in [0.4, 0.5) is 5.69 Å². The molecule has 98 valence electrons. The first kappa shape index (κ1) is 15.3. The molecule has 0 saturated carbocycles. The molecule has 1 rings (SSSR count). The second-order valence-corrected chi connectivity index (χ2v) is 7.06. The van der Waals surface area contributed by atoms with Gasteiger partial charge in [0.25, 0.3) is 0 Å². The van der Waals surface area contributed by atoms with Crippen LogP contribution in [0.25, 0.3) is 0 Å². The number of hydrogen-bond donors (Lipinski definition) is 2. The Bertz CT molecular complexity index is 621. The molecule has 7 heteroatoms. The average Bonchev–Trinajstić information content (AvgIpc) is 2.21. The Morgan fingerprint density at radius 2 is 2.06 bits per heavy atom. The normalized spacial score (nSPS) is 12.2. The van der Waals surface area contributed by atoms with E-state index in [1.807, 2.05) is 0 Å². The number of hydrogen-bond acceptors (Lipinski definition) is 3. The van der Waals surface area contributed by atoms with Crippen molar-refractivity contribution in [2.75, 3.05) is 5.73 Å². The highest BCUT2D eigenvalue weighted by Gasteiger charge is 2.27. The summed E-state index contributed by atoms with van der Waals surface area (Å²) in [6, 6.07) is 2.76. The Morgan fingerprint density at radius 1 is 1.50 bits per heavy atom. The van der Waals surface area contributed by atoms with Gasteiger partial charge in [0.15, 0.2) is 0 Å². The molecule has 4 nitrogen and oxygen atoms in total. The van der Waals surface area contributed by atoms with Gasteiger partial charge in [-0.05, 0) is 41.9 Å². The van der Waals surface area contributed by atoms with Crippen LogP contribution in [0.2, 0.25) is 5.02 Å². The first-order valence-corrected chi connectivity index (χ1v) is 7.51. The maximum absolute atomic E-state index is 12.2. The third-order valence-corrected chi connectivity index (χ3v) is 5.12. The van der Waals surface area contributed by atoms with Crippen molar-refractivity contribution < 1.29 is 8.42 Å². The van der Waals surface area contributed by atoms with Crippen LogP contribution in [-0.2, 0) is 10.0 Å². The van der Waals surface area contributed by atoms with E-state index < -0.39 is 15.6 Å². The van der Waals surface area contributed by atoms with Crippen molar-refractivity contribution in [3.63, 3.8) is 0 Å². The van der Waals surface area contributed by atoms with E-state index >= 15 is 0 Å². The van der Waals surface area contributed by atoms with E-state index in [-0.39, 0.29) is 20.1 Å². The molecule has 0 aliphatic heterocycles. The molecule has 18 heavy (non-hydrogen) atoms. The summed E-state index contributed by atoms with van der Waals surface area (Å²) < 4.78 is 27.0. The number of benzene rings is 1. The van der Waals surface area contributed by atoms with Crippen molar-refractivity contribution in [2.45, 2.75) is 24.3 Å². The lowest BCUT2D eigenvalue weighted by Gasteiger charge is -2.20. The summed E-state index contributed by atoms with van der Waals surface area (Å²) in [6.45, 7) is 3.15. The van der Waals surface area contributed by atoms with Gasteiger partial charge < -0.3 is 5.73 Å². The Balaban J connectivity index is 3.35. The minimum atomic E-state index is -3.81. The largest absolute Gasteiger partial charge is 0.398 e. The van der Waals surface area contributed by atoms with Crippen LogP contribution in [0.15, 0.2) is 21.5 Å². The highest BCUT2D eigenvalue weighted by atomic mass is 79.9. The second kappa shape index (κ2) is 5.10. The topological polar surface area (TPSA) is 72.2 Å². The van der Waals surface area contributed by atoms with Crippen LogP contribution in [0.5, 0.6) is 0 Å². The molecule has 0 aliphatic carbocycles. The van der Waals surface area contributed by atoms with Crippen molar-refractivity contribution in [1.29, 1.82) is 0 Å². The van der Waals surface area contributed by atoms with Gasteiger partial charge in [0.2, 0.25) is 10.0 Å². The van der Waals surface area contributed by atoms with Gasteiger partial charge >= 0.3 is 0 Å². The molecule has 0 fully saturated rings. The number of nitrogens with two attached hydrogens (primary N) is 1. The zero-order valence-electron chi connectivity index (χ0n) is 9.79. The maximum Gasteiger partial charge on any atom is 0.243 e. The molecule has 0 heterocycles. The lowest BCUT2D eigenvalue weighted by atomic mass is 10.1. The van der Waals surface area contributed by atoms with Gasteiger partial charge in [-0.3, -0.25) is 0 Å². The third-order valence-electron chi connectivity index (χ3n) is 2.07. The van der Waals surface area contributed by atoms with Crippen LogP contribution in [0.3, 0.4) is 0 Å². The summed E-state index contributed by atoms with van der Waals surface area (Å²) in [6.07, 6.45) is 5.25. The number of sulfonamides is 1. The quantitative estimate of drug-likeness (QED) is 0.649. The monoisotopic (exact) mass is 350 g/mol. The SMILES string of the molecule is C#CC(C)(C)NS(=O)(=O)c1cc(Cl)cc(N)c1Br. The molecule has 0 aromatic heterocycles. The van der Waals surface area contributed by atoms with Crippen LogP contribution in [-0.4, -0.2) is 14.0 Å². The van der Waals surface area contributed by atoms with Gasteiger partial charge in [0, 0.05) is 10.7 Å². The average molecular weight is 352 g/mol. The molecule has 0 bridgehead atoms.